The lowest BCUT2D eigenvalue weighted by Gasteiger charge is -2.47. The van der Waals surface area contributed by atoms with E-state index in [1.807, 2.05) is 16.7 Å². The normalized spacial score (nSPS) is 27.7. The Kier molecular flexibility index (Phi) is 4.49. The van der Waals surface area contributed by atoms with Gasteiger partial charge >= 0.3 is 0 Å². The van der Waals surface area contributed by atoms with E-state index in [1.165, 1.54) is 5.69 Å². The van der Waals surface area contributed by atoms with Gasteiger partial charge in [0.05, 0.1) is 10.9 Å². The van der Waals surface area contributed by atoms with Crippen LogP contribution in [0.5, 0.6) is 0 Å². The van der Waals surface area contributed by atoms with E-state index in [0.29, 0.717) is 17.7 Å². The lowest BCUT2D eigenvalue weighted by atomic mass is 9.92. The molecule has 26 heavy (non-hydrogen) atoms. The number of nitrogens with zero attached hydrogens (tertiary/aromatic N) is 2. The zero-order valence-corrected chi connectivity index (χ0v) is 16.0. The second kappa shape index (κ2) is 6.84. The smallest absolute Gasteiger partial charge is 0.274 e. The largest absolute Gasteiger partial charge is 0.381 e. The first-order chi connectivity index (χ1) is 12.7. The van der Waals surface area contributed by atoms with Gasteiger partial charge in [-0.3, -0.25) is 9.89 Å². The van der Waals surface area contributed by atoms with Crippen LogP contribution in [0, 0.1) is 5.92 Å². The Morgan fingerprint density at radius 1 is 1.35 bits per heavy atom. The third-order valence-electron chi connectivity index (χ3n) is 6.34. The van der Waals surface area contributed by atoms with Gasteiger partial charge in [0.15, 0.2) is 5.69 Å². The van der Waals surface area contributed by atoms with Gasteiger partial charge in [0.2, 0.25) is 0 Å². The molecule has 1 spiro atoms. The van der Waals surface area contributed by atoms with Crippen molar-refractivity contribution < 1.29 is 14.3 Å². The van der Waals surface area contributed by atoms with Crippen LogP contribution >= 0.6 is 11.8 Å². The van der Waals surface area contributed by atoms with Crippen LogP contribution in [0.4, 0.5) is 0 Å². The number of hydrogen-bond acceptors (Lipinski definition) is 5. The third kappa shape index (κ3) is 3.08. The minimum absolute atomic E-state index is 0.113. The number of H-pyrrole nitrogens is 1. The molecular weight excluding hydrogens is 350 g/mol. The van der Waals surface area contributed by atoms with E-state index in [9.17, 15) is 4.79 Å². The SMILES string of the molecule is O=C(c1n[nH]c2c1CCC2)N1CC2(CC(OCC3CCOCC3)CS2)C1. The van der Waals surface area contributed by atoms with Gasteiger partial charge in [0.1, 0.15) is 0 Å². The van der Waals surface area contributed by atoms with E-state index in [-0.39, 0.29) is 10.7 Å². The second-order valence-corrected chi connectivity index (χ2v) is 9.74. The van der Waals surface area contributed by atoms with Gasteiger partial charge in [-0.1, -0.05) is 0 Å². The molecule has 0 bridgehead atoms. The first-order valence-corrected chi connectivity index (χ1v) is 10.9. The minimum atomic E-state index is 0.113. The number of aryl methyl sites for hydroxylation is 1. The number of rotatable bonds is 4. The number of amides is 1. The Labute approximate surface area is 158 Å². The molecule has 1 unspecified atom stereocenters. The molecule has 3 saturated heterocycles. The lowest BCUT2D eigenvalue weighted by molar-refractivity contribution is -0.0119. The first-order valence-electron chi connectivity index (χ1n) is 9.91. The van der Waals surface area contributed by atoms with Gasteiger partial charge < -0.3 is 14.4 Å². The molecule has 4 aliphatic rings. The van der Waals surface area contributed by atoms with E-state index in [0.717, 1.165) is 82.8 Å². The second-order valence-electron chi connectivity index (χ2n) is 8.25. The monoisotopic (exact) mass is 377 g/mol. The summed E-state index contributed by atoms with van der Waals surface area (Å²) in [6, 6.07) is 0. The van der Waals surface area contributed by atoms with Crippen LogP contribution in [0.3, 0.4) is 0 Å². The number of likely N-dealkylation sites (tertiary alicyclic amines) is 1. The molecule has 0 aromatic carbocycles. The van der Waals surface area contributed by atoms with Crippen LogP contribution in [0.1, 0.15) is 47.4 Å². The maximum atomic E-state index is 12.8. The van der Waals surface area contributed by atoms with Crippen LogP contribution in [-0.4, -0.2) is 70.5 Å². The molecule has 1 aromatic rings. The average Bonchev–Trinajstić information content (AvgIpc) is 3.34. The molecule has 1 amide bonds. The Balaban J connectivity index is 1.12. The predicted molar refractivity (Wildman–Crippen MR) is 99.6 cm³/mol. The van der Waals surface area contributed by atoms with Gasteiger partial charge in [-0.15, -0.1) is 11.8 Å². The summed E-state index contributed by atoms with van der Waals surface area (Å²) < 4.78 is 11.8. The predicted octanol–water partition coefficient (Wildman–Crippen LogP) is 2.04. The Morgan fingerprint density at radius 2 is 2.19 bits per heavy atom. The van der Waals surface area contributed by atoms with Crippen molar-refractivity contribution >= 4 is 17.7 Å². The maximum absolute atomic E-state index is 12.8. The molecule has 6 nitrogen and oxygen atoms in total. The number of aromatic amines is 1. The van der Waals surface area contributed by atoms with Crippen molar-refractivity contribution in [3.63, 3.8) is 0 Å². The molecule has 0 saturated carbocycles. The van der Waals surface area contributed by atoms with Crippen molar-refractivity contribution in [2.24, 2.45) is 5.92 Å². The third-order valence-corrected chi connectivity index (χ3v) is 7.91. The molecule has 1 N–H and O–H groups in total. The highest BCUT2D eigenvalue weighted by Gasteiger charge is 2.51. The fraction of sp³-hybridized carbons (Fsp3) is 0.789. The topological polar surface area (TPSA) is 67.5 Å². The van der Waals surface area contributed by atoms with Crippen LogP contribution < -0.4 is 0 Å². The van der Waals surface area contributed by atoms with Crippen LogP contribution in [0.25, 0.3) is 0 Å². The van der Waals surface area contributed by atoms with Crippen molar-refractivity contribution in [1.29, 1.82) is 0 Å². The molecule has 3 aliphatic heterocycles. The summed E-state index contributed by atoms with van der Waals surface area (Å²) in [7, 11) is 0. The van der Waals surface area contributed by atoms with Gasteiger partial charge in [0.25, 0.3) is 5.91 Å². The molecule has 1 aromatic heterocycles. The lowest BCUT2D eigenvalue weighted by Crippen LogP contribution is -2.61. The number of hydrogen-bond donors (Lipinski definition) is 1. The molecule has 3 fully saturated rings. The number of nitrogens with one attached hydrogen (secondary N) is 1. The van der Waals surface area contributed by atoms with Crippen molar-refractivity contribution in [3.05, 3.63) is 17.0 Å². The molecule has 4 heterocycles. The highest BCUT2D eigenvalue weighted by molar-refractivity contribution is 8.01. The number of aromatic nitrogens is 2. The summed E-state index contributed by atoms with van der Waals surface area (Å²) in [6.45, 7) is 4.31. The number of carbonyl (C=O) groups excluding carboxylic acids is 1. The summed E-state index contributed by atoms with van der Waals surface area (Å²) in [5.74, 6) is 1.83. The van der Waals surface area contributed by atoms with Crippen molar-refractivity contribution in [2.45, 2.75) is 49.4 Å². The van der Waals surface area contributed by atoms with Crippen LogP contribution in [0.2, 0.25) is 0 Å². The molecule has 142 valence electrons. The summed E-state index contributed by atoms with van der Waals surface area (Å²) in [5.41, 5.74) is 3.00. The molecule has 7 heteroatoms. The van der Waals surface area contributed by atoms with Crippen molar-refractivity contribution in [1.82, 2.24) is 15.1 Å². The van der Waals surface area contributed by atoms with E-state index >= 15 is 0 Å². The molecule has 1 atom stereocenters. The van der Waals surface area contributed by atoms with Gasteiger partial charge in [-0.25, -0.2) is 0 Å². The standard InChI is InChI=1S/C19H27N3O3S/c23-18(17-15-2-1-3-16(15)20-21-17)22-11-19(12-22)8-14(10-26-19)25-9-13-4-6-24-7-5-13/h13-14H,1-12H2,(H,20,21). The number of carbonyl (C=O) groups is 1. The van der Waals surface area contributed by atoms with Crippen molar-refractivity contribution in [2.75, 3.05) is 38.7 Å². The number of fused-ring (bicyclic) bond motifs is 1. The zero-order chi connectivity index (χ0) is 17.6. The zero-order valence-electron chi connectivity index (χ0n) is 15.2. The number of thioether (sulfide) groups is 1. The van der Waals surface area contributed by atoms with Gasteiger partial charge in [0, 0.05) is 49.9 Å². The van der Waals surface area contributed by atoms with E-state index in [2.05, 4.69) is 10.2 Å². The summed E-state index contributed by atoms with van der Waals surface area (Å²) in [5, 5.41) is 7.35. The minimum Gasteiger partial charge on any atom is -0.381 e. The first kappa shape index (κ1) is 17.1. The quantitative estimate of drug-likeness (QED) is 0.870. The van der Waals surface area contributed by atoms with Crippen LogP contribution in [0.15, 0.2) is 0 Å². The Bertz CT molecular complexity index is 680. The molecule has 0 radical (unpaired) electrons. The van der Waals surface area contributed by atoms with Crippen LogP contribution in [-0.2, 0) is 22.3 Å². The summed E-state index contributed by atoms with van der Waals surface area (Å²) in [6.07, 6.45) is 6.82. The fourth-order valence-electron chi connectivity index (χ4n) is 4.75. The van der Waals surface area contributed by atoms with Gasteiger partial charge in [-0.05, 0) is 44.4 Å². The summed E-state index contributed by atoms with van der Waals surface area (Å²) >= 11 is 2.00. The van der Waals surface area contributed by atoms with E-state index in [1.54, 1.807) is 0 Å². The fourth-order valence-corrected chi connectivity index (χ4v) is 6.31. The Morgan fingerprint density at radius 3 is 3.04 bits per heavy atom. The number of ether oxygens (including phenoxy) is 2. The maximum Gasteiger partial charge on any atom is 0.274 e. The average molecular weight is 378 g/mol. The van der Waals surface area contributed by atoms with Gasteiger partial charge in [-0.2, -0.15) is 5.10 Å². The van der Waals surface area contributed by atoms with Crippen molar-refractivity contribution in [3.8, 4) is 0 Å². The van der Waals surface area contributed by atoms with E-state index in [4.69, 9.17) is 9.47 Å². The summed E-state index contributed by atoms with van der Waals surface area (Å²) in [4.78, 5) is 14.8. The molecule has 1 aliphatic carbocycles. The Hall–Kier alpha value is -1.05. The van der Waals surface area contributed by atoms with E-state index < -0.39 is 0 Å². The molecule has 5 rings (SSSR count). The highest BCUT2D eigenvalue weighted by Crippen LogP contribution is 2.46. The molecular formula is C19H27N3O3S. The highest BCUT2D eigenvalue weighted by atomic mass is 32.2.